The minimum absolute atomic E-state index is 0.113. The van der Waals surface area contributed by atoms with Crippen molar-refractivity contribution in [3.05, 3.63) is 48.6 Å². The molecule has 15 heteroatoms. The molecule has 0 aliphatic carbocycles. The van der Waals surface area contributed by atoms with Crippen LogP contribution in [0.4, 0.5) is 0 Å². The molecule has 0 unspecified atom stereocenters. The Morgan fingerprint density at radius 1 is 0.215 bits per heavy atom. The fourth-order valence-electron chi connectivity index (χ4n) is 11.4. The summed E-state index contributed by atoms with van der Waals surface area (Å²) in [6.45, 7) is 15.9. The van der Waals surface area contributed by atoms with Crippen LogP contribution in [0.3, 0.4) is 0 Å². The second-order valence-electron chi connectivity index (χ2n) is 29.1. The Morgan fingerprint density at radius 3 is 0.523 bits per heavy atom. The van der Waals surface area contributed by atoms with Gasteiger partial charge < -0.3 is 18.9 Å². The maximum atomic E-state index is 11.1. The number of ether oxygens (including phenoxy) is 4. The van der Waals surface area contributed by atoms with Crippen molar-refractivity contribution in [2.75, 3.05) is 49.4 Å². The van der Waals surface area contributed by atoms with Gasteiger partial charge in [0.25, 0.3) is 0 Å². The zero-order valence-corrected chi connectivity index (χ0v) is 80.7. The maximum absolute atomic E-state index is 11.1. The first-order chi connectivity index (χ1) is 52.6. The van der Waals surface area contributed by atoms with Gasteiger partial charge in [-0.1, -0.05) is 307 Å². The van der Waals surface area contributed by atoms with Gasteiger partial charge >= 0.3 is 117 Å². The van der Waals surface area contributed by atoms with Crippen molar-refractivity contribution in [3.63, 3.8) is 0 Å². The summed E-state index contributed by atoms with van der Waals surface area (Å²) in [7, 11) is 0. The van der Waals surface area contributed by atoms with Crippen molar-refractivity contribution in [1.29, 1.82) is 0 Å². The molecule has 0 aromatic heterocycles. The van der Waals surface area contributed by atoms with Crippen LogP contribution in [-0.4, -0.2) is 116 Å². The van der Waals surface area contributed by atoms with Crippen molar-refractivity contribution in [1.82, 2.24) is 0 Å². The summed E-state index contributed by atoms with van der Waals surface area (Å²) in [5, 5.41) is 0. The molecule has 0 N–H and O–H groups in total. The second kappa shape index (κ2) is 114. The first kappa shape index (κ1) is 115. The van der Waals surface area contributed by atoms with Crippen molar-refractivity contribution >= 4 is 118 Å². The summed E-state index contributed by atoms with van der Waals surface area (Å²) in [5.41, 5.74) is 0. The van der Waals surface area contributed by atoms with E-state index in [2.05, 4.69) is 141 Å². The molecule has 4 radical (unpaired) electrons. The van der Waals surface area contributed by atoms with E-state index in [1.165, 1.54) is 368 Å². The van der Waals surface area contributed by atoms with E-state index in [1.807, 2.05) is 0 Å². The fraction of sp³-hybridized carbons (Fsp3) is 0.870. The number of hydrogen-bond donors (Lipinski definition) is 4. The average Bonchev–Trinajstić information content (AvgIpc) is 3.87. The van der Waals surface area contributed by atoms with E-state index in [9.17, 15) is 19.2 Å². The molecular formula is C92H178O9S4Sn2. The van der Waals surface area contributed by atoms with Gasteiger partial charge in [-0.15, -0.1) is 0 Å². The molecular weight excluding hydrogens is 1610 g/mol. The standard InChI is InChI=1S/4C21H40O2S.2C4H9.O.2Sn/c4*1-2-3-4-5-6-7-8-9-10-11-12-13-14-15-16-17-19-23-21(22)18-20-24;2*1-3-4-2;;;/h4*9-10,24H,2-8,11-20H2,1H3;2*1,3-4H2,2H3;;;/b4*10-9-;;;;;. The van der Waals surface area contributed by atoms with Crippen molar-refractivity contribution in [3.8, 4) is 0 Å². The van der Waals surface area contributed by atoms with Gasteiger partial charge in [0, 0.05) is 23.0 Å². The van der Waals surface area contributed by atoms with Crippen molar-refractivity contribution in [2.24, 2.45) is 0 Å². The van der Waals surface area contributed by atoms with Crippen LogP contribution < -0.4 is 0 Å². The van der Waals surface area contributed by atoms with Crippen LogP contribution >= 0.6 is 50.5 Å². The number of carbonyl (C=O) groups excluding carboxylic acids is 4. The molecule has 9 nitrogen and oxygen atoms in total. The first-order valence-corrected chi connectivity index (χ1v) is 54.3. The Hall–Kier alpha value is -0.203. The molecule has 0 rings (SSSR count). The van der Waals surface area contributed by atoms with Gasteiger partial charge in [-0.05, 0) is 128 Å². The second-order valence-corrected chi connectivity index (χ2v) is 39.9. The van der Waals surface area contributed by atoms with Gasteiger partial charge in [-0.2, -0.15) is 50.5 Å². The van der Waals surface area contributed by atoms with Crippen LogP contribution in [0, 0.1) is 0 Å². The summed E-state index contributed by atoms with van der Waals surface area (Å²) in [4.78, 5) is 44.5. The van der Waals surface area contributed by atoms with E-state index in [-0.39, 0.29) is 67.0 Å². The number of allylic oxidation sites excluding steroid dienone is 8. The summed E-state index contributed by atoms with van der Waals surface area (Å²) < 4.78 is 29.1. The molecule has 0 atom stereocenters. The quantitative estimate of drug-likeness (QED) is 0.0118. The number of carbonyl (C=O) groups is 4. The third kappa shape index (κ3) is 124. The van der Waals surface area contributed by atoms with Gasteiger partial charge in [0.05, 0.1) is 52.1 Å². The van der Waals surface area contributed by atoms with Gasteiger partial charge in [0.15, 0.2) is 0 Å². The fourth-order valence-corrected chi connectivity index (χ4v) is 21.8. The Balaban J connectivity index is -0.000000412. The van der Waals surface area contributed by atoms with Gasteiger partial charge in [0.1, 0.15) is 0 Å². The minimum atomic E-state index is -0.298. The van der Waals surface area contributed by atoms with E-state index >= 15 is 0 Å². The number of hydrogen-bond acceptors (Lipinski definition) is 13. The Labute approximate surface area is 710 Å². The molecule has 0 aliphatic heterocycles. The van der Waals surface area contributed by atoms with Gasteiger partial charge in [0.2, 0.25) is 0 Å². The zero-order valence-electron chi connectivity index (χ0n) is 71.4. The van der Waals surface area contributed by atoms with Crippen LogP contribution in [0.25, 0.3) is 0 Å². The Kier molecular flexibility index (Phi) is 123. The predicted octanol–water partition coefficient (Wildman–Crippen LogP) is 30.2. The third-order valence-corrected chi connectivity index (χ3v) is 28.8. The Bertz CT molecular complexity index is 1550. The topological polar surface area (TPSA) is 114 Å². The van der Waals surface area contributed by atoms with Crippen molar-refractivity contribution in [2.45, 2.75) is 461 Å². The SMILES string of the molecule is CCCCCCCC/C=C\CCCCCCCCOC(=O)CCS.CCCCCCCC/C=C\CCCCCCCCOC(=O)CCS.CCCCCCCC/C=C\CCCCCCCCOC(=O)CCS.CCCCCCCC/C=C\CCCCCCCCOC(=O)CCS.CCC[CH2][Sn][O][Sn][CH2]CCC. The molecule has 0 heterocycles. The molecule has 632 valence electrons. The first-order valence-electron chi connectivity index (χ1n) is 45.4. The molecule has 0 aromatic rings. The molecule has 0 spiro atoms. The number of unbranched alkanes of at least 4 members (excludes halogenated alkanes) is 50. The van der Waals surface area contributed by atoms with Crippen molar-refractivity contribution < 1.29 is 39.5 Å². The van der Waals surface area contributed by atoms with Crippen LogP contribution in [0.1, 0.15) is 452 Å². The van der Waals surface area contributed by atoms with E-state index in [4.69, 9.17) is 20.4 Å². The molecule has 0 bridgehead atoms. The monoisotopic (exact) mass is 1800 g/mol. The van der Waals surface area contributed by atoms with Crippen LogP contribution in [0.2, 0.25) is 8.87 Å². The molecule has 107 heavy (non-hydrogen) atoms. The summed E-state index contributed by atoms with van der Waals surface area (Å²) in [5.74, 6) is 1.85. The van der Waals surface area contributed by atoms with E-state index in [0.29, 0.717) is 75.1 Å². The Morgan fingerprint density at radius 2 is 0.364 bits per heavy atom. The van der Waals surface area contributed by atoms with Gasteiger partial charge in [-0.3, -0.25) is 19.2 Å². The number of thiol groups is 4. The average molecular weight is 1790 g/mol. The molecule has 0 saturated heterocycles. The van der Waals surface area contributed by atoms with E-state index < -0.39 is 0 Å². The predicted molar refractivity (Wildman–Crippen MR) is 488 cm³/mol. The molecule has 0 amide bonds. The summed E-state index contributed by atoms with van der Waals surface area (Å²) in [6, 6.07) is 0. The number of esters is 4. The number of rotatable bonds is 80. The third-order valence-electron chi connectivity index (χ3n) is 18.3. The molecule has 0 fully saturated rings. The summed E-state index contributed by atoms with van der Waals surface area (Å²) in [6.07, 6.45) is 98.9. The van der Waals surface area contributed by atoms with Crippen LogP contribution in [0.15, 0.2) is 48.6 Å². The molecule has 0 aromatic carbocycles. The van der Waals surface area contributed by atoms with Crippen LogP contribution in [-0.2, 0) is 39.5 Å². The van der Waals surface area contributed by atoms with E-state index in [0.717, 1.165) is 25.7 Å². The molecule has 0 saturated carbocycles. The zero-order chi connectivity index (χ0) is 79.2. The van der Waals surface area contributed by atoms with E-state index in [1.54, 1.807) is 0 Å². The summed E-state index contributed by atoms with van der Waals surface area (Å²) >= 11 is 15.5. The van der Waals surface area contributed by atoms with Gasteiger partial charge in [-0.25, -0.2) is 0 Å². The van der Waals surface area contributed by atoms with Crippen LogP contribution in [0.5, 0.6) is 0 Å². The normalized spacial score (nSPS) is 11.2. The molecule has 0 aliphatic rings.